The summed E-state index contributed by atoms with van der Waals surface area (Å²) in [6.07, 6.45) is 0. The van der Waals surface area contributed by atoms with Gasteiger partial charge in [-0.2, -0.15) is 0 Å². The Bertz CT molecular complexity index is 374. The highest BCUT2D eigenvalue weighted by Gasteiger charge is 1.88. The highest BCUT2D eigenvalue weighted by Crippen LogP contribution is 2.03. The minimum Gasteiger partial charge on any atom is -0.320 e. The molecule has 4 nitrogen and oxygen atoms in total. The van der Waals surface area contributed by atoms with Crippen LogP contribution >= 0.6 is 0 Å². The molecule has 2 rings (SSSR count). The van der Waals surface area contributed by atoms with Crippen molar-refractivity contribution in [1.82, 2.24) is 10.9 Å². The Hall–Kier alpha value is -2.04. The first-order chi connectivity index (χ1) is 8.45. The molecule has 2 aromatic rings. The van der Waals surface area contributed by atoms with Crippen LogP contribution in [-0.2, 0) is 0 Å². The van der Waals surface area contributed by atoms with Crippen LogP contribution in [0.4, 0.5) is 11.4 Å². The van der Waals surface area contributed by atoms with Crippen LogP contribution in [-0.4, -0.2) is 6.67 Å². The maximum atomic E-state index is 3.08. The van der Waals surface area contributed by atoms with E-state index in [-0.39, 0.29) is 0 Å². The predicted molar refractivity (Wildman–Crippen MR) is 71.3 cm³/mol. The van der Waals surface area contributed by atoms with Crippen LogP contribution in [0.2, 0.25) is 0 Å². The summed E-state index contributed by atoms with van der Waals surface area (Å²) in [5, 5.41) is 0. The molecule has 0 aliphatic rings. The van der Waals surface area contributed by atoms with Crippen molar-refractivity contribution in [2.45, 2.75) is 0 Å². The zero-order valence-electron chi connectivity index (χ0n) is 9.48. The lowest BCUT2D eigenvalue weighted by Gasteiger charge is -2.11. The second-order valence-corrected chi connectivity index (χ2v) is 3.51. The van der Waals surface area contributed by atoms with Crippen molar-refractivity contribution in [1.29, 1.82) is 0 Å². The molecule has 88 valence electrons. The molecule has 0 heterocycles. The molecule has 0 saturated heterocycles. The summed E-state index contributed by atoms with van der Waals surface area (Å²) in [6.45, 7) is 0.601. The van der Waals surface area contributed by atoms with E-state index >= 15 is 0 Å². The third kappa shape index (κ3) is 4.14. The van der Waals surface area contributed by atoms with Gasteiger partial charge in [-0.25, -0.2) is 10.9 Å². The molecule has 0 spiro atoms. The lowest BCUT2D eigenvalue weighted by molar-refractivity contribution is 0.692. The van der Waals surface area contributed by atoms with Gasteiger partial charge in [-0.05, 0) is 24.3 Å². The van der Waals surface area contributed by atoms with Crippen molar-refractivity contribution in [3.63, 3.8) is 0 Å². The minimum absolute atomic E-state index is 0.601. The Balaban J connectivity index is 1.61. The van der Waals surface area contributed by atoms with E-state index < -0.39 is 0 Å². The van der Waals surface area contributed by atoms with Crippen molar-refractivity contribution in [3.05, 3.63) is 60.7 Å². The molecule has 2 aromatic carbocycles. The average Bonchev–Trinajstić information content (AvgIpc) is 2.41. The van der Waals surface area contributed by atoms with E-state index in [0.717, 1.165) is 11.4 Å². The quantitative estimate of drug-likeness (QED) is 0.348. The van der Waals surface area contributed by atoms with Crippen molar-refractivity contribution in [3.8, 4) is 0 Å². The molecule has 0 aliphatic heterocycles. The van der Waals surface area contributed by atoms with Crippen LogP contribution in [0.3, 0.4) is 0 Å². The van der Waals surface area contributed by atoms with Gasteiger partial charge in [0.1, 0.15) is 0 Å². The Morgan fingerprint density at radius 2 is 1.00 bits per heavy atom. The third-order valence-corrected chi connectivity index (χ3v) is 2.19. The molecule has 0 radical (unpaired) electrons. The number of hydrogen-bond acceptors (Lipinski definition) is 4. The fraction of sp³-hybridized carbons (Fsp3) is 0.0769. The number of anilines is 2. The summed E-state index contributed by atoms with van der Waals surface area (Å²) >= 11 is 0. The molecule has 0 unspecified atom stereocenters. The molecule has 0 fully saturated rings. The first-order valence-corrected chi connectivity index (χ1v) is 5.53. The normalized spacial score (nSPS) is 9.88. The predicted octanol–water partition coefficient (Wildman–Crippen LogP) is 2.18. The molecule has 0 amide bonds. The summed E-state index contributed by atoms with van der Waals surface area (Å²) in [7, 11) is 0. The second-order valence-electron chi connectivity index (χ2n) is 3.51. The van der Waals surface area contributed by atoms with Crippen LogP contribution in [0.1, 0.15) is 0 Å². The number of nitrogens with one attached hydrogen (secondary N) is 4. The van der Waals surface area contributed by atoms with E-state index in [1.54, 1.807) is 0 Å². The van der Waals surface area contributed by atoms with Gasteiger partial charge in [-0.1, -0.05) is 36.4 Å². The number of rotatable bonds is 6. The van der Waals surface area contributed by atoms with Crippen LogP contribution < -0.4 is 21.7 Å². The van der Waals surface area contributed by atoms with Crippen molar-refractivity contribution in [2.24, 2.45) is 0 Å². The first kappa shape index (κ1) is 11.4. The SMILES string of the molecule is c1ccc(NNCNNc2ccccc2)cc1. The third-order valence-electron chi connectivity index (χ3n) is 2.19. The summed E-state index contributed by atoms with van der Waals surface area (Å²) < 4.78 is 0. The molecule has 0 aromatic heterocycles. The zero-order chi connectivity index (χ0) is 11.8. The Morgan fingerprint density at radius 3 is 1.41 bits per heavy atom. The smallest absolute Gasteiger partial charge is 0.0815 e. The molecule has 0 atom stereocenters. The topological polar surface area (TPSA) is 48.1 Å². The molecule has 0 saturated carbocycles. The zero-order valence-corrected chi connectivity index (χ0v) is 9.48. The van der Waals surface area contributed by atoms with Crippen LogP contribution in [0.5, 0.6) is 0 Å². The van der Waals surface area contributed by atoms with Crippen LogP contribution in [0.25, 0.3) is 0 Å². The van der Waals surface area contributed by atoms with Gasteiger partial charge in [0.05, 0.1) is 6.67 Å². The number of para-hydroxylation sites is 2. The molecule has 0 bridgehead atoms. The number of benzene rings is 2. The van der Waals surface area contributed by atoms with Crippen LogP contribution in [0.15, 0.2) is 60.7 Å². The number of hydrogen-bond donors (Lipinski definition) is 4. The number of hydrazine groups is 2. The molecular weight excluding hydrogens is 212 g/mol. The molecule has 0 aliphatic carbocycles. The van der Waals surface area contributed by atoms with Gasteiger partial charge in [0.2, 0.25) is 0 Å². The summed E-state index contributed by atoms with van der Waals surface area (Å²) in [5.74, 6) is 0. The van der Waals surface area contributed by atoms with E-state index in [1.165, 1.54) is 0 Å². The highest BCUT2D eigenvalue weighted by atomic mass is 15.5. The maximum absolute atomic E-state index is 3.08. The lowest BCUT2D eigenvalue weighted by atomic mass is 10.3. The minimum atomic E-state index is 0.601. The van der Waals surface area contributed by atoms with Crippen molar-refractivity contribution < 1.29 is 0 Å². The molecule has 4 heteroatoms. The Morgan fingerprint density at radius 1 is 0.588 bits per heavy atom. The van der Waals surface area contributed by atoms with E-state index in [4.69, 9.17) is 0 Å². The Kier molecular flexibility index (Phi) is 4.39. The van der Waals surface area contributed by atoms with E-state index in [9.17, 15) is 0 Å². The van der Waals surface area contributed by atoms with Gasteiger partial charge >= 0.3 is 0 Å². The largest absolute Gasteiger partial charge is 0.320 e. The molecule has 17 heavy (non-hydrogen) atoms. The highest BCUT2D eigenvalue weighted by molar-refractivity contribution is 5.42. The second kappa shape index (κ2) is 6.52. The maximum Gasteiger partial charge on any atom is 0.0815 e. The van der Waals surface area contributed by atoms with Crippen molar-refractivity contribution in [2.75, 3.05) is 17.5 Å². The van der Waals surface area contributed by atoms with Gasteiger partial charge in [-0.15, -0.1) is 0 Å². The summed E-state index contributed by atoms with van der Waals surface area (Å²) in [4.78, 5) is 0. The van der Waals surface area contributed by atoms with Gasteiger partial charge < -0.3 is 10.9 Å². The fourth-order valence-electron chi connectivity index (χ4n) is 1.38. The summed E-state index contributed by atoms with van der Waals surface area (Å²) in [5.41, 5.74) is 14.3. The fourth-order valence-corrected chi connectivity index (χ4v) is 1.38. The molecular formula is C13H16N4. The van der Waals surface area contributed by atoms with Gasteiger partial charge in [0, 0.05) is 11.4 Å². The van der Waals surface area contributed by atoms with E-state index in [2.05, 4.69) is 21.7 Å². The summed E-state index contributed by atoms with van der Waals surface area (Å²) in [6, 6.07) is 19.9. The van der Waals surface area contributed by atoms with Crippen molar-refractivity contribution >= 4 is 11.4 Å². The standard InChI is InChI=1S/C13H16N4/c1-3-7-12(8-4-1)16-14-11-15-17-13-9-5-2-6-10-13/h1-10,14-17H,11H2. The Labute approximate surface area is 101 Å². The first-order valence-electron chi connectivity index (χ1n) is 5.53. The van der Waals surface area contributed by atoms with Crippen LogP contribution in [0, 0.1) is 0 Å². The van der Waals surface area contributed by atoms with Gasteiger partial charge in [0.25, 0.3) is 0 Å². The van der Waals surface area contributed by atoms with E-state index in [0.29, 0.717) is 6.67 Å². The average molecular weight is 228 g/mol. The van der Waals surface area contributed by atoms with E-state index in [1.807, 2.05) is 60.7 Å². The molecule has 4 N–H and O–H groups in total. The van der Waals surface area contributed by atoms with Gasteiger partial charge in [0.15, 0.2) is 0 Å². The monoisotopic (exact) mass is 228 g/mol. The van der Waals surface area contributed by atoms with Gasteiger partial charge in [-0.3, -0.25) is 0 Å². The lowest BCUT2D eigenvalue weighted by Crippen LogP contribution is -2.36.